The van der Waals surface area contributed by atoms with Crippen LogP contribution in [0.15, 0.2) is 24.3 Å². The van der Waals surface area contributed by atoms with Gasteiger partial charge in [-0.25, -0.2) is 4.68 Å². The van der Waals surface area contributed by atoms with E-state index in [1.807, 2.05) is 18.2 Å². The molecule has 0 spiro atoms. The van der Waals surface area contributed by atoms with Gasteiger partial charge >= 0.3 is 5.97 Å². The van der Waals surface area contributed by atoms with Crippen molar-refractivity contribution in [2.24, 2.45) is 0 Å². The summed E-state index contributed by atoms with van der Waals surface area (Å²) >= 11 is 0. The van der Waals surface area contributed by atoms with E-state index in [0.717, 1.165) is 12.0 Å². The molecule has 0 bridgehead atoms. The molecule has 1 aliphatic heterocycles. The third-order valence-electron chi connectivity index (χ3n) is 3.68. The fraction of sp³-hybridized carbons (Fsp3) is 0.357. The monoisotopic (exact) mass is 301 g/mol. The molecule has 0 aliphatic carbocycles. The van der Waals surface area contributed by atoms with Crippen LogP contribution in [0.3, 0.4) is 0 Å². The Bertz CT molecular complexity index is 712. The number of carboxylic acids is 1. The van der Waals surface area contributed by atoms with Crippen LogP contribution in [-0.2, 0) is 35.5 Å². The molecule has 1 aliphatic rings. The van der Waals surface area contributed by atoms with Crippen molar-refractivity contribution in [3.8, 4) is 0 Å². The Kier molecular flexibility index (Phi) is 3.82. The van der Waals surface area contributed by atoms with Gasteiger partial charge in [0, 0.05) is 13.1 Å². The van der Waals surface area contributed by atoms with Crippen molar-refractivity contribution in [1.82, 2.24) is 25.1 Å². The van der Waals surface area contributed by atoms with Crippen molar-refractivity contribution in [2.45, 2.75) is 25.9 Å². The zero-order chi connectivity index (χ0) is 15.5. The second-order valence-electron chi connectivity index (χ2n) is 5.16. The maximum absolute atomic E-state index is 12.4. The Labute approximate surface area is 126 Å². The maximum Gasteiger partial charge on any atom is 0.311 e. The summed E-state index contributed by atoms with van der Waals surface area (Å²) in [5.41, 5.74) is 2.41. The highest BCUT2D eigenvalue weighted by atomic mass is 16.4. The van der Waals surface area contributed by atoms with Crippen LogP contribution >= 0.6 is 0 Å². The van der Waals surface area contributed by atoms with Gasteiger partial charge in [-0.3, -0.25) is 9.59 Å². The number of hydrogen-bond acceptors (Lipinski definition) is 5. The first kappa shape index (κ1) is 14.2. The van der Waals surface area contributed by atoms with Crippen LogP contribution in [0, 0.1) is 0 Å². The molecule has 8 heteroatoms. The van der Waals surface area contributed by atoms with Crippen LogP contribution in [0.1, 0.15) is 17.0 Å². The van der Waals surface area contributed by atoms with Crippen molar-refractivity contribution in [3.63, 3.8) is 0 Å². The van der Waals surface area contributed by atoms with E-state index in [0.29, 0.717) is 13.1 Å². The van der Waals surface area contributed by atoms with Crippen molar-refractivity contribution in [2.75, 3.05) is 6.54 Å². The smallest absolute Gasteiger partial charge is 0.311 e. The van der Waals surface area contributed by atoms with Gasteiger partial charge in [0.05, 0.1) is 0 Å². The van der Waals surface area contributed by atoms with Gasteiger partial charge in [0.1, 0.15) is 13.0 Å². The number of tetrazole rings is 1. The molecule has 3 rings (SSSR count). The molecular weight excluding hydrogens is 286 g/mol. The third-order valence-corrected chi connectivity index (χ3v) is 3.68. The number of carbonyl (C=O) groups is 2. The van der Waals surface area contributed by atoms with E-state index < -0.39 is 5.97 Å². The summed E-state index contributed by atoms with van der Waals surface area (Å²) in [5.74, 6) is -0.970. The molecule has 1 N–H and O–H groups in total. The minimum absolute atomic E-state index is 0.0439. The second kappa shape index (κ2) is 5.92. The molecule has 8 nitrogen and oxygen atoms in total. The molecule has 0 atom stereocenters. The first-order valence-corrected chi connectivity index (χ1v) is 6.95. The summed E-state index contributed by atoms with van der Waals surface area (Å²) in [6.07, 6.45) is 0.516. The predicted molar refractivity (Wildman–Crippen MR) is 74.7 cm³/mol. The van der Waals surface area contributed by atoms with Crippen molar-refractivity contribution >= 4 is 11.9 Å². The van der Waals surface area contributed by atoms with Gasteiger partial charge in [-0.2, -0.15) is 0 Å². The number of fused-ring (bicyclic) bond motifs is 1. The van der Waals surface area contributed by atoms with Crippen LogP contribution in [0.5, 0.6) is 0 Å². The number of hydrogen-bond donors (Lipinski definition) is 1. The van der Waals surface area contributed by atoms with Crippen LogP contribution in [0.25, 0.3) is 0 Å². The Morgan fingerprint density at radius 1 is 1.23 bits per heavy atom. The first-order valence-electron chi connectivity index (χ1n) is 6.95. The topological polar surface area (TPSA) is 101 Å². The van der Waals surface area contributed by atoms with E-state index in [4.69, 9.17) is 5.11 Å². The predicted octanol–water partition coefficient (Wildman–Crippen LogP) is -0.115. The Balaban J connectivity index is 1.68. The molecule has 2 aromatic rings. The quantitative estimate of drug-likeness (QED) is 0.845. The summed E-state index contributed by atoms with van der Waals surface area (Å²) in [6, 6.07) is 8.04. The summed E-state index contributed by atoms with van der Waals surface area (Å²) < 4.78 is 1.25. The standard InChI is InChI=1S/C14H15N5O3/c20-13(9-19-12(7-14(21)22)15-16-17-19)18-6-5-10-3-1-2-4-11(10)8-18/h1-4H,5-9H2,(H,21,22). The van der Waals surface area contributed by atoms with Crippen molar-refractivity contribution in [3.05, 3.63) is 41.2 Å². The Hall–Kier alpha value is -2.77. The lowest BCUT2D eigenvalue weighted by Crippen LogP contribution is -2.38. The molecule has 2 heterocycles. The lowest BCUT2D eigenvalue weighted by atomic mass is 10.00. The normalized spacial score (nSPS) is 13.7. The first-order chi connectivity index (χ1) is 10.6. The van der Waals surface area contributed by atoms with E-state index >= 15 is 0 Å². The fourth-order valence-corrected chi connectivity index (χ4v) is 2.54. The average molecular weight is 301 g/mol. The number of rotatable bonds is 4. The number of carboxylic acid groups (broad SMARTS) is 1. The number of amides is 1. The molecular formula is C14H15N5O3. The van der Waals surface area contributed by atoms with E-state index in [1.54, 1.807) is 4.90 Å². The van der Waals surface area contributed by atoms with Crippen LogP contribution in [0.2, 0.25) is 0 Å². The molecule has 114 valence electrons. The van der Waals surface area contributed by atoms with Gasteiger partial charge < -0.3 is 10.0 Å². The average Bonchev–Trinajstić information content (AvgIpc) is 2.93. The van der Waals surface area contributed by atoms with Crippen LogP contribution in [-0.4, -0.2) is 48.6 Å². The molecule has 22 heavy (non-hydrogen) atoms. The molecule has 1 aromatic carbocycles. The fourth-order valence-electron chi connectivity index (χ4n) is 2.54. The minimum atomic E-state index is -1.03. The van der Waals surface area contributed by atoms with E-state index in [-0.39, 0.29) is 24.7 Å². The van der Waals surface area contributed by atoms with Crippen molar-refractivity contribution in [1.29, 1.82) is 0 Å². The molecule has 0 fully saturated rings. The van der Waals surface area contributed by atoms with E-state index in [2.05, 4.69) is 21.6 Å². The number of aliphatic carboxylic acids is 1. The molecule has 0 saturated carbocycles. The third kappa shape index (κ3) is 2.95. The van der Waals surface area contributed by atoms with Gasteiger partial charge in [-0.15, -0.1) is 5.10 Å². The number of aromatic nitrogens is 4. The maximum atomic E-state index is 12.4. The molecule has 0 unspecified atom stereocenters. The number of benzene rings is 1. The molecule has 0 saturated heterocycles. The summed E-state index contributed by atoms with van der Waals surface area (Å²) in [7, 11) is 0. The van der Waals surface area contributed by atoms with Gasteiger partial charge in [-0.05, 0) is 28.0 Å². The Morgan fingerprint density at radius 3 is 2.77 bits per heavy atom. The molecule has 0 radical (unpaired) electrons. The minimum Gasteiger partial charge on any atom is -0.481 e. The highest BCUT2D eigenvalue weighted by Crippen LogP contribution is 2.18. The SMILES string of the molecule is O=C(O)Cc1nnnn1CC(=O)N1CCc2ccccc2C1. The Morgan fingerprint density at radius 2 is 2.00 bits per heavy atom. The summed E-state index contributed by atoms with van der Waals surface area (Å²) in [6.45, 7) is 1.16. The number of carbonyl (C=O) groups excluding carboxylic acids is 1. The van der Waals surface area contributed by atoms with Crippen LogP contribution < -0.4 is 0 Å². The van der Waals surface area contributed by atoms with Gasteiger partial charge in [0.25, 0.3) is 0 Å². The largest absolute Gasteiger partial charge is 0.481 e. The number of nitrogens with zero attached hydrogens (tertiary/aromatic N) is 5. The zero-order valence-electron chi connectivity index (χ0n) is 11.8. The zero-order valence-corrected chi connectivity index (χ0v) is 11.8. The lowest BCUT2D eigenvalue weighted by molar-refractivity contribution is -0.137. The highest BCUT2D eigenvalue weighted by Gasteiger charge is 2.22. The second-order valence-corrected chi connectivity index (χ2v) is 5.16. The van der Waals surface area contributed by atoms with E-state index in [1.165, 1.54) is 10.2 Å². The van der Waals surface area contributed by atoms with E-state index in [9.17, 15) is 9.59 Å². The van der Waals surface area contributed by atoms with Crippen LogP contribution in [0.4, 0.5) is 0 Å². The van der Waals surface area contributed by atoms with Gasteiger partial charge in [-0.1, -0.05) is 24.3 Å². The van der Waals surface area contributed by atoms with Crippen molar-refractivity contribution < 1.29 is 14.7 Å². The highest BCUT2D eigenvalue weighted by molar-refractivity contribution is 5.76. The van der Waals surface area contributed by atoms with Gasteiger partial charge in [0.15, 0.2) is 5.82 Å². The van der Waals surface area contributed by atoms with Gasteiger partial charge in [0.2, 0.25) is 5.91 Å². The lowest BCUT2D eigenvalue weighted by Gasteiger charge is -2.28. The summed E-state index contributed by atoms with van der Waals surface area (Å²) in [4.78, 5) is 24.9. The molecule has 1 aromatic heterocycles. The molecule has 1 amide bonds. The summed E-state index contributed by atoms with van der Waals surface area (Å²) in [5, 5.41) is 19.6.